The summed E-state index contributed by atoms with van der Waals surface area (Å²) >= 11 is 0. The van der Waals surface area contributed by atoms with Crippen LogP contribution >= 0.6 is 0 Å². The number of benzene rings is 1. The molecule has 1 aromatic rings. The number of Topliss-reactive ketones (excluding diaryl/α,β-unsaturated/α-hetero) is 1. The third-order valence-electron chi connectivity index (χ3n) is 14.2. The van der Waals surface area contributed by atoms with Crippen LogP contribution in [0.4, 0.5) is 0 Å². The molecule has 2 saturated heterocycles. The minimum absolute atomic E-state index is 0.0750. The Morgan fingerprint density at radius 2 is 1.76 bits per heavy atom. The first kappa shape index (κ1) is 32.1. The molecule has 0 aromatic heterocycles. The van der Waals surface area contributed by atoms with Gasteiger partial charge in [0.25, 0.3) is 0 Å². The van der Waals surface area contributed by atoms with Gasteiger partial charge in [-0.2, -0.15) is 0 Å². The number of aromatic hydroxyl groups is 1. The number of rotatable bonds is 6. The Hall–Kier alpha value is -2.45. The van der Waals surface area contributed by atoms with E-state index in [1.165, 1.54) is 0 Å². The van der Waals surface area contributed by atoms with Crippen molar-refractivity contribution in [3.63, 3.8) is 0 Å². The highest BCUT2D eigenvalue weighted by molar-refractivity contribution is 5.97. The van der Waals surface area contributed by atoms with Crippen molar-refractivity contribution >= 4 is 17.6 Å². The van der Waals surface area contributed by atoms with Crippen LogP contribution in [-0.2, 0) is 30.3 Å². The second-order valence-electron chi connectivity index (χ2n) is 16.5. The molecule has 46 heavy (non-hydrogen) atoms. The molecule has 1 spiro atoms. The second kappa shape index (κ2) is 11.9. The van der Waals surface area contributed by atoms with Crippen LogP contribution in [0.15, 0.2) is 24.3 Å². The second-order valence-corrected chi connectivity index (χ2v) is 16.5. The molecule has 3 N–H and O–H groups in total. The number of ether oxygens (including phenoxy) is 2. The van der Waals surface area contributed by atoms with E-state index in [0.717, 1.165) is 63.5 Å². The summed E-state index contributed by atoms with van der Waals surface area (Å²) in [7, 11) is 0. The van der Waals surface area contributed by atoms with E-state index in [-0.39, 0.29) is 58.8 Å². The number of hydrogen-bond acceptors (Lipinski definition) is 6. The van der Waals surface area contributed by atoms with Crippen LogP contribution in [0.1, 0.15) is 97.5 Å². The highest BCUT2D eigenvalue weighted by Crippen LogP contribution is 2.70. The predicted molar refractivity (Wildman–Crippen MR) is 173 cm³/mol. The van der Waals surface area contributed by atoms with Crippen molar-refractivity contribution in [3.05, 3.63) is 29.8 Å². The minimum Gasteiger partial charge on any atom is -0.508 e. The Balaban J connectivity index is 0.943. The molecule has 1 unspecified atom stereocenters. The smallest absolute Gasteiger partial charge is 0.229 e. The van der Waals surface area contributed by atoms with E-state index >= 15 is 0 Å². The van der Waals surface area contributed by atoms with Crippen LogP contribution in [0.3, 0.4) is 0 Å². The lowest BCUT2D eigenvalue weighted by atomic mass is 9.44. The number of phenols is 1. The third-order valence-corrected chi connectivity index (χ3v) is 14.2. The summed E-state index contributed by atoms with van der Waals surface area (Å²) in [6, 6.07) is 6.99. The van der Waals surface area contributed by atoms with Gasteiger partial charge in [-0.1, -0.05) is 39.8 Å². The first-order valence-electron chi connectivity index (χ1n) is 18.1. The molecule has 0 radical (unpaired) electrons. The SMILES string of the molecule is C[C@@H]1CC[C@@]2(OC1)O[C@H]1C[C@H]3[C@@H]4CC[C@H]5CC(NC(=O)CC(=O)NCCc6ccc(O)cc6)CC[C@]5(C)[C@H]4CC(=O)[C@]3(C)[C@H]1[C@@H]2C. The average molecular weight is 635 g/mol. The van der Waals surface area contributed by atoms with Gasteiger partial charge in [0.15, 0.2) is 5.79 Å². The molecule has 12 atom stereocenters. The topological polar surface area (TPSA) is 114 Å². The molecule has 2 amide bonds. The molecule has 8 heteroatoms. The maximum atomic E-state index is 14.4. The molecule has 7 rings (SSSR count). The van der Waals surface area contributed by atoms with Gasteiger partial charge >= 0.3 is 0 Å². The summed E-state index contributed by atoms with van der Waals surface area (Å²) in [4.78, 5) is 39.7. The lowest BCUT2D eigenvalue weighted by Crippen LogP contribution is -2.59. The minimum atomic E-state index is -0.506. The van der Waals surface area contributed by atoms with Gasteiger partial charge in [-0.3, -0.25) is 14.4 Å². The zero-order valence-electron chi connectivity index (χ0n) is 28.2. The van der Waals surface area contributed by atoms with Crippen molar-refractivity contribution < 1.29 is 29.0 Å². The van der Waals surface area contributed by atoms with Gasteiger partial charge in [0.05, 0.1) is 12.7 Å². The van der Waals surface area contributed by atoms with E-state index in [9.17, 15) is 19.5 Å². The molecule has 2 heterocycles. The van der Waals surface area contributed by atoms with Crippen LogP contribution in [-0.4, -0.2) is 53.8 Å². The summed E-state index contributed by atoms with van der Waals surface area (Å²) < 4.78 is 13.3. The molecule has 4 aliphatic carbocycles. The van der Waals surface area contributed by atoms with E-state index < -0.39 is 5.79 Å². The van der Waals surface area contributed by atoms with Crippen molar-refractivity contribution in [1.82, 2.24) is 10.6 Å². The number of nitrogens with one attached hydrogen (secondary N) is 2. The summed E-state index contributed by atoms with van der Waals surface area (Å²) in [5.74, 6) is 2.50. The number of carbonyl (C=O) groups is 3. The fraction of sp³-hybridized carbons (Fsp3) is 0.763. The zero-order valence-corrected chi connectivity index (χ0v) is 28.2. The van der Waals surface area contributed by atoms with E-state index in [0.29, 0.717) is 54.8 Å². The lowest BCUT2D eigenvalue weighted by Gasteiger charge is -2.60. The van der Waals surface area contributed by atoms with E-state index in [1.54, 1.807) is 12.1 Å². The normalized spacial score (nSPS) is 44.5. The number of amides is 2. The molecule has 4 saturated carbocycles. The summed E-state index contributed by atoms with van der Waals surface area (Å²) in [5, 5.41) is 15.5. The summed E-state index contributed by atoms with van der Waals surface area (Å²) in [6.45, 7) is 10.5. The van der Waals surface area contributed by atoms with Crippen molar-refractivity contribution in [2.75, 3.05) is 13.2 Å². The molecule has 252 valence electrons. The van der Waals surface area contributed by atoms with Crippen molar-refractivity contribution in [1.29, 1.82) is 0 Å². The molecule has 6 fully saturated rings. The summed E-state index contributed by atoms with van der Waals surface area (Å²) in [5.41, 5.74) is 0.781. The Morgan fingerprint density at radius 1 is 0.978 bits per heavy atom. The molecular weight excluding hydrogens is 580 g/mol. The Kier molecular flexibility index (Phi) is 8.31. The van der Waals surface area contributed by atoms with Gasteiger partial charge < -0.3 is 25.2 Å². The predicted octanol–water partition coefficient (Wildman–Crippen LogP) is 5.55. The zero-order chi connectivity index (χ0) is 32.4. The lowest BCUT2D eigenvalue weighted by molar-refractivity contribution is -0.272. The molecule has 8 nitrogen and oxygen atoms in total. The molecule has 0 bridgehead atoms. The maximum Gasteiger partial charge on any atom is 0.229 e. The van der Waals surface area contributed by atoms with Gasteiger partial charge in [0, 0.05) is 42.7 Å². The van der Waals surface area contributed by atoms with Gasteiger partial charge in [-0.25, -0.2) is 0 Å². The first-order valence-corrected chi connectivity index (χ1v) is 18.1. The Morgan fingerprint density at radius 3 is 2.50 bits per heavy atom. The fourth-order valence-electron chi connectivity index (χ4n) is 11.6. The number of phenolic OH excluding ortho intramolecular Hbond substituents is 1. The average Bonchev–Trinajstić information content (AvgIpc) is 3.47. The van der Waals surface area contributed by atoms with Crippen LogP contribution in [0.2, 0.25) is 0 Å². The van der Waals surface area contributed by atoms with Gasteiger partial charge in [0.1, 0.15) is 18.0 Å². The van der Waals surface area contributed by atoms with Crippen molar-refractivity contribution in [2.24, 2.45) is 52.3 Å². The van der Waals surface area contributed by atoms with Gasteiger partial charge in [0.2, 0.25) is 11.8 Å². The van der Waals surface area contributed by atoms with Crippen LogP contribution in [0.25, 0.3) is 0 Å². The highest BCUT2D eigenvalue weighted by atomic mass is 16.7. The Bertz CT molecular complexity index is 1340. The molecule has 6 aliphatic rings. The van der Waals surface area contributed by atoms with Crippen LogP contribution in [0, 0.1) is 52.3 Å². The highest BCUT2D eigenvalue weighted by Gasteiger charge is 2.71. The van der Waals surface area contributed by atoms with E-state index in [1.807, 2.05) is 12.1 Å². The fourth-order valence-corrected chi connectivity index (χ4v) is 11.6. The quantitative estimate of drug-likeness (QED) is 0.354. The maximum absolute atomic E-state index is 14.4. The molecule has 1 aromatic carbocycles. The van der Waals surface area contributed by atoms with Crippen LogP contribution in [0.5, 0.6) is 5.75 Å². The third kappa shape index (κ3) is 5.30. The molecule has 2 aliphatic heterocycles. The van der Waals surface area contributed by atoms with Crippen molar-refractivity contribution in [2.45, 2.75) is 116 Å². The van der Waals surface area contributed by atoms with E-state index in [4.69, 9.17) is 9.47 Å². The van der Waals surface area contributed by atoms with Gasteiger partial charge in [-0.15, -0.1) is 0 Å². The van der Waals surface area contributed by atoms with Gasteiger partial charge in [-0.05, 0) is 104 Å². The standard InChI is InChI=1S/C38H54N2O6/c1-22-11-15-38(45-21-22)23(2)35-31(46-38)18-30-28-10-7-25-17-26(12-14-36(25,3)29(28)19-32(42)37(30,35)4)40-34(44)20-33(43)39-16-13-24-5-8-27(41)9-6-24/h5-6,8-9,22-23,25-26,28-31,35,41H,7,10-21H2,1-4H3,(H,39,43)(H,40,44)/t22-,23+,25+,26?,28-,29+,30+,31+,35+,36+,37-,38-/m1/s1. The van der Waals surface area contributed by atoms with Crippen molar-refractivity contribution in [3.8, 4) is 5.75 Å². The van der Waals surface area contributed by atoms with E-state index in [2.05, 4.69) is 38.3 Å². The largest absolute Gasteiger partial charge is 0.508 e. The number of fused-ring (bicyclic) bond motifs is 7. The number of ketones is 1. The summed E-state index contributed by atoms with van der Waals surface area (Å²) in [6.07, 6.45) is 9.42. The monoisotopic (exact) mass is 634 g/mol. The number of carbonyl (C=O) groups excluding carboxylic acids is 3. The Labute approximate surface area is 274 Å². The first-order chi connectivity index (χ1) is 21.9. The number of hydrogen-bond donors (Lipinski definition) is 3. The molecular formula is C38H54N2O6. The van der Waals surface area contributed by atoms with Crippen LogP contribution < -0.4 is 10.6 Å².